The quantitative estimate of drug-likeness (QED) is 0.470. The number of hydrogen-bond acceptors (Lipinski definition) is 6. The van der Waals surface area contributed by atoms with Crippen LogP contribution >= 0.6 is 11.3 Å². The van der Waals surface area contributed by atoms with Crippen molar-refractivity contribution in [3.63, 3.8) is 0 Å². The van der Waals surface area contributed by atoms with E-state index in [1.807, 2.05) is 54.6 Å². The third-order valence-corrected chi connectivity index (χ3v) is 7.40. The number of nitriles is 1. The van der Waals surface area contributed by atoms with E-state index in [9.17, 15) is 10.1 Å². The summed E-state index contributed by atoms with van der Waals surface area (Å²) in [4.78, 5) is 20.0. The van der Waals surface area contributed by atoms with Crippen LogP contribution in [0.25, 0.3) is 10.2 Å². The highest BCUT2D eigenvalue weighted by atomic mass is 32.1. The van der Waals surface area contributed by atoms with E-state index in [0.29, 0.717) is 6.54 Å². The summed E-state index contributed by atoms with van der Waals surface area (Å²) >= 11 is 1.60. The lowest BCUT2D eigenvalue weighted by Crippen LogP contribution is -2.36. The molecular weight excluding hydrogens is 432 g/mol. The first-order valence-corrected chi connectivity index (χ1v) is 11.8. The summed E-state index contributed by atoms with van der Waals surface area (Å²) in [6.07, 6.45) is 4.11. The largest absolute Gasteiger partial charge is 0.496 e. The van der Waals surface area contributed by atoms with E-state index in [2.05, 4.69) is 16.4 Å². The Bertz CT molecular complexity index is 1390. The molecule has 2 unspecified atom stereocenters. The van der Waals surface area contributed by atoms with E-state index in [1.165, 1.54) is 4.88 Å². The second kappa shape index (κ2) is 9.18. The number of aryl methyl sites for hydroxylation is 1. The summed E-state index contributed by atoms with van der Waals surface area (Å²) < 4.78 is 7.11. The standard InChI is InChI=1S/C26H24N4O2S/c1-32-22-10-6-5-9-18(22)15-30-16-28-25-24(26(30)31)20-12-11-19(13-23(20)33-25)29-21(14-27)17-7-3-2-4-8-17/h2-10,16,19,21,29H,11-13,15H2,1H3. The number of benzene rings is 2. The average molecular weight is 457 g/mol. The van der Waals surface area contributed by atoms with Crippen molar-refractivity contribution in [1.29, 1.82) is 5.26 Å². The van der Waals surface area contributed by atoms with Gasteiger partial charge in [0.25, 0.3) is 5.56 Å². The molecule has 1 aliphatic carbocycles. The number of rotatable bonds is 6. The van der Waals surface area contributed by atoms with Gasteiger partial charge in [-0.1, -0.05) is 48.5 Å². The fraction of sp³-hybridized carbons (Fsp3) is 0.269. The maximum absolute atomic E-state index is 13.4. The molecule has 5 rings (SSSR count). The Labute approximate surface area is 196 Å². The van der Waals surface area contributed by atoms with Crippen molar-refractivity contribution < 1.29 is 4.74 Å². The molecule has 1 N–H and O–H groups in total. The van der Waals surface area contributed by atoms with Gasteiger partial charge in [-0.15, -0.1) is 11.3 Å². The minimum absolute atomic E-state index is 0.00555. The van der Waals surface area contributed by atoms with Crippen molar-refractivity contribution in [2.45, 2.75) is 37.9 Å². The number of fused-ring (bicyclic) bond motifs is 3. The van der Waals surface area contributed by atoms with E-state index < -0.39 is 0 Å². The van der Waals surface area contributed by atoms with Gasteiger partial charge < -0.3 is 4.74 Å². The lowest BCUT2D eigenvalue weighted by molar-refractivity contribution is 0.408. The highest BCUT2D eigenvalue weighted by Gasteiger charge is 2.27. The van der Waals surface area contributed by atoms with E-state index in [0.717, 1.165) is 51.9 Å². The Kier molecular flexibility index (Phi) is 5.95. The first-order chi connectivity index (χ1) is 16.2. The Hall–Kier alpha value is -3.47. The summed E-state index contributed by atoms with van der Waals surface area (Å²) in [7, 11) is 1.64. The molecule has 33 heavy (non-hydrogen) atoms. The van der Waals surface area contributed by atoms with Gasteiger partial charge >= 0.3 is 0 Å². The van der Waals surface area contributed by atoms with Gasteiger partial charge in [-0.3, -0.25) is 14.7 Å². The Morgan fingerprint density at radius 1 is 1.24 bits per heavy atom. The molecule has 0 saturated heterocycles. The van der Waals surface area contributed by atoms with E-state index in [-0.39, 0.29) is 17.6 Å². The number of nitrogens with one attached hydrogen (secondary N) is 1. The van der Waals surface area contributed by atoms with Gasteiger partial charge in [-0.05, 0) is 36.5 Å². The molecule has 2 aromatic carbocycles. The smallest absolute Gasteiger partial charge is 0.262 e. The van der Waals surface area contributed by atoms with Crippen LogP contribution in [0.2, 0.25) is 0 Å². The predicted molar refractivity (Wildman–Crippen MR) is 130 cm³/mol. The minimum Gasteiger partial charge on any atom is -0.496 e. The number of nitrogens with zero attached hydrogens (tertiary/aromatic N) is 3. The van der Waals surface area contributed by atoms with Crippen molar-refractivity contribution in [2.75, 3.05) is 7.11 Å². The molecule has 0 aliphatic heterocycles. The lowest BCUT2D eigenvalue weighted by atomic mass is 9.92. The molecule has 0 spiro atoms. The molecule has 6 nitrogen and oxygen atoms in total. The monoisotopic (exact) mass is 456 g/mol. The minimum atomic E-state index is -0.344. The van der Waals surface area contributed by atoms with E-state index >= 15 is 0 Å². The Balaban J connectivity index is 1.41. The van der Waals surface area contributed by atoms with Crippen molar-refractivity contribution in [3.8, 4) is 11.8 Å². The van der Waals surface area contributed by atoms with Gasteiger partial charge in [-0.25, -0.2) is 4.98 Å². The summed E-state index contributed by atoms with van der Waals surface area (Å²) in [6.45, 7) is 0.418. The molecule has 0 amide bonds. The molecule has 2 aromatic heterocycles. The van der Waals surface area contributed by atoms with Crippen molar-refractivity contribution in [2.24, 2.45) is 0 Å². The number of para-hydroxylation sites is 1. The van der Waals surface area contributed by atoms with Crippen LogP contribution in [0.15, 0.2) is 65.7 Å². The zero-order valence-corrected chi connectivity index (χ0v) is 19.1. The van der Waals surface area contributed by atoms with Crippen LogP contribution in [-0.4, -0.2) is 22.7 Å². The summed E-state index contributed by atoms with van der Waals surface area (Å²) in [5.74, 6) is 0.760. The van der Waals surface area contributed by atoms with Crippen LogP contribution in [0.1, 0.15) is 34.0 Å². The van der Waals surface area contributed by atoms with Crippen LogP contribution < -0.4 is 15.6 Å². The molecule has 0 saturated carbocycles. The fourth-order valence-corrected chi connectivity index (χ4v) is 5.82. The summed E-state index contributed by atoms with van der Waals surface area (Å²) in [6, 6.07) is 19.8. The van der Waals surface area contributed by atoms with Gasteiger partial charge in [0.2, 0.25) is 0 Å². The summed E-state index contributed by atoms with van der Waals surface area (Å²) in [5.41, 5.74) is 3.03. The van der Waals surface area contributed by atoms with Crippen molar-refractivity contribution in [3.05, 3.63) is 92.8 Å². The zero-order chi connectivity index (χ0) is 22.8. The first kappa shape index (κ1) is 21.4. The normalized spacial score (nSPS) is 16.2. The zero-order valence-electron chi connectivity index (χ0n) is 18.3. The first-order valence-electron chi connectivity index (χ1n) is 11.0. The third-order valence-electron chi connectivity index (χ3n) is 6.23. The molecule has 0 bridgehead atoms. The van der Waals surface area contributed by atoms with E-state index in [4.69, 9.17) is 4.74 Å². The third kappa shape index (κ3) is 4.15. The van der Waals surface area contributed by atoms with Crippen molar-refractivity contribution in [1.82, 2.24) is 14.9 Å². The molecular formula is C26H24N4O2S. The Morgan fingerprint density at radius 3 is 2.82 bits per heavy atom. The number of thiophene rings is 1. The summed E-state index contributed by atoms with van der Waals surface area (Å²) in [5, 5.41) is 13.9. The molecule has 0 radical (unpaired) electrons. The number of aromatic nitrogens is 2. The molecule has 166 valence electrons. The highest BCUT2D eigenvalue weighted by molar-refractivity contribution is 7.18. The highest BCUT2D eigenvalue weighted by Crippen LogP contribution is 2.34. The van der Waals surface area contributed by atoms with Crippen molar-refractivity contribution >= 4 is 21.6 Å². The number of methoxy groups -OCH3 is 1. The molecule has 2 heterocycles. The number of ether oxygens (including phenoxy) is 1. The molecule has 2 atom stereocenters. The van der Waals surface area contributed by atoms with Crippen LogP contribution in [0.5, 0.6) is 5.75 Å². The topological polar surface area (TPSA) is 79.9 Å². The predicted octanol–water partition coefficient (Wildman–Crippen LogP) is 4.23. The van der Waals surface area contributed by atoms with Gasteiger partial charge in [0, 0.05) is 16.5 Å². The Morgan fingerprint density at radius 2 is 2.03 bits per heavy atom. The molecule has 0 fully saturated rings. The van der Waals surface area contributed by atoms with Crippen LogP contribution in [0, 0.1) is 11.3 Å². The average Bonchev–Trinajstić information content (AvgIpc) is 3.23. The molecule has 4 aromatic rings. The van der Waals surface area contributed by atoms with Crippen LogP contribution in [0.3, 0.4) is 0 Å². The fourth-order valence-electron chi connectivity index (χ4n) is 4.56. The lowest BCUT2D eigenvalue weighted by Gasteiger charge is -2.26. The molecule has 7 heteroatoms. The second-order valence-electron chi connectivity index (χ2n) is 8.25. The van der Waals surface area contributed by atoms with Gasteiger partial charge in [0.15, 0.2) is 0 Å². The number of hydrogen-bond donors (Lipinski definition) is 1. The maximum atomic E-state index is 13.4. The van der Waals surface area contributed by atoms with E-state index in [1.54, 1.807) is 29.3 Å². The van der Waals surface area contributed by atoms with Crippen LogP contribution in [0.4, 0.5) is 0 Å². The maximum Gasteiger partial charge on any atom is 0.262 e. The van der Waals surface area contributed by atoms with Gasteiger partial charge in [0.05, 0.1) is 31.4 Å². The SMILES string of the molecule is COc1ccccc1Cn1cnc2sc3c(c2c1=O)CCC(NC(C#N)c1ccccc1)C3. The second-order valence-corrected chi connectivity index (χ2v) is 9.34. The van der Waals surface area contributed by atoms with Gasteiger partial charge in [0.1, 0.15) is 16.6 Å². The van der Waals surface area contributed by atoms with Crippen LogP contribution in [-0.2, 0) is 19.4 Å². The molecule has 1 aliphatic rings. The van der Waals surface area contributed by atoms with Gasteiger partial charge in [-0.2, -0.15) is 5.26 Å².